The molecule has 0 fully saturated rings. The molecule has 1 amide bonds. The number of hydrogen-bond acceptors (Lipinski definition) is 2. The largest absolute Gasteiger partial charge is 0.366 e. The lowest BCUT2D eigenvalue weighted by atomic mass is 10.1. The standard InChI is InChI=1S/C15H14N2O/c16-15(18)13(10-12-6-2-1-3-7-12)11-14-8-4-5-9-17-14/h1-10H,11H2,(H2,16,18)/b13-10-. The summed E-state index contributed by atoms with van der Waals surface area (Å²) in [5.41, 5.74) is 7.75. The van der Waals surface area contributed by atoms with Crippen molar-refractivity contribution >= 4 is 12.0 Å². The highest BCUT2D eigenvalue weighted by atomic mass is 16.1. The summed E-state index contributed by atoms with van der Waals surface area (Å²) >= 11 is 0. The van der Waals surface area contributed by atoms with Crippen molar-refractivity contribution in [1.29, 1.82) is 0 Å². The van der Waals surface area contributed by atoms with E-state index in [2.05, 4.69) is 4.98 Å². The van der Waals surface area contributed by atoms with E-state index in [9.17, 15) is 4.79 Å². The number of primary amides is 1. The summed E-state index contributed by atoms with van der Waals surface area (Å²) in [4.78, 5) is 15.6. The molecule has 0 saturated carbocycles. The molecule has 1 aromatic carbocycles. The monoisotopic (exact) mass is 238 g/mol. The van der Waals surface area contributed by atoms with Gasteiger partial charge in [-0.1, -0.05) is 36.4 Å². The molecule has 0 bridgehead atoms. The fraction of sp³-hybridized carbons (Fsp3) is 0.0667. The van der Waals surface area contributed by atoms with Crippen LogP contribution < -0.4 is 5.73 Å². The van der Waals surface area contributed by atoms with Crippen LogP contribution in [0, 0.1) is 0 Å². The third-order valence-electron chi connectivity index (χ3n) is 2.55. The van der Waals surface area contributed by atoms with E-state index in [1.807, 2.05) is 48.5 Å². The van der Waals surface area contributed by atoms with Crippen LogP contribution in [0.4, 0.5) is 0 Å². The molecule has 2 N–H and O–H groups in total. The molecule has 3 nitrogen and oxygen atoms in total. The van der Waals surface area contributed by atoms with E-state index in [1.54, 1.807) is 12.3 Å². The van der Waals surface area contributed by atoms with Crippen LogP contribution in [0.5, 0.6) is 0 Å². The molecule has 90 valence electrons. The number of carbonyl (C=O) groups excluding carboxylic acids is 1. The van der Waals surface area contributed by atoms with Crippen LogP contribution in [0.25, 0.3) is 6.08 Å². The smallest absolute Gasteiger partial charge is 0.245 e. The van der Waals surface area contributed by atoms with Gasteiger partial charge in [-0.2, -0.15) is 0 Å². The van der Waals surface area contributed by atoms with Crippen molar-refractivity contribution in [3.8, 4) is 0 Å². The summed E-state index contributed by atoms with van der Waals surface area (Å²) in [5, 5.41) is 0. The van der Waals surface area contributed by atoms with Crippen molar-refractivity contribution in [2.75, 3.05) is 0 Å². The molecule has 0 aliphatic carbocycles. The normalized spacial score (nSPS) is 11.2. The Kier molecular flexibility index (Phi) is 3.86. The molecular formula is C15H14N2O. The third-order valence-corrected chi connectivity index (χ3v) is 2.55. The van der Waals surface area contributed by atoms with Crippen LogP contribution in [0.3, 0.4) is 0 Å². The van der Waals surface area contributed by atoms with Crippen molar-refractivity contribution in [2.24, 2.45) is 5.73 Å². The maximum atomic E-state index is 11.4. The molecule has 1 aromatic heterocycles. The lowest BCUT2D eigenvalue weighted by molar-refractivity contribution is -0.114. The van der Waals surface area contributed by atoms with E-state index in [4.69, 9.17) is 5.73 Å². The second kappa shape index (κ2) is 5.77. The number of hydrogen-bond donors (Lipinski definition) is 1. The summed E-state index contributed by atoms with van der Waals surface area (Å²) in [5.74, 6) is -0.412. The first-order valence-corrected chi connectivity index (χ1v) is 5.71. The van der Waals surface area contributed by atoms with Gasteiger partial charge in [0.15, 0.2) is 0 Å². The number of nitrogens with two attached hydrogens (primary N) is 1. The highest BCUT2D eigenvalue weighted by Crippen LogP contribution is 2.10. The predicted octanol–water partition coefficient (Wildman–Crippen LogP) is 2.19. The van der Waals surface area contributed by atoms with Gasteiger partial charge in [0.2, 0.25) is 5.91 Å². The first-order chi connectivity index (χ1) is 8.75. The Morgan fingerprint density at radius 1 is 1.11 bits per heavy atom. The van der Waals surface area contributed by atoms with Crippen LogP contribution in [-0.4, -0.2) is 10.9 Å². The number of nitrogens with zero attached hydrogens (tertiary/aromatic N) is 1. The number of amides is 1. The van der Waals surface area contributed by atoms with Gasteiger partial charge in [-0.15, -0.1) is 0 Å². The Morgan fingerprint density at radius 3 is 2.44 bits per heavy atom. The van der Waals surface area contributed by atoms with Crippen LogP contribution in [-0.2, 0) is 11.2 Å². The number of pyridine rings is 1. The van der Waals surface area contributed by atoms with Gasteiger partial charge >= 0.3 is 0 Å². The minimum Gasteiger partial charge on any atom is -0.366 e. The Hall–Kier alpha value is -2.42. The van der Waals surface area contributed by atoms with Gasteiger partial charge in [-0.3, -0.25) is 9.78 Å². The number of carbonyl (C=O) groups is 1. The van der Waals surface area contributed by atoms with Crippen LogP contribution >= 0.6 is 0 Å². The summed E-state index contributed by atoms with van der Waals surface area (Å²) in [6.07, 6.45) is 3.96. The van der Waals surface area contributed by atoms with Gasteiger partial charge in [0.05, 0.1) is 0 Å². The van der Waals surface area contributed by atoms with Crippen molar-refractivity contribution in [3.63, 3.8) is 0 Å². The SMILES string of the molecule is NC(=O)/C(=C\c1ccccc1)Cc1ccccn1. The van der Waals surface area contributed by atoms with Crippen molar-refractivity contribution in [1.82, 2.24) is 4.98 Å². The zero-order valence-corrected chi connectivity index (χ0v) is 9.91. The maximum Gasteiger partial charge on any atom is 0.245 e. The molecule has 0 unspecified atom stereocenters. The molecule has 0 atom stereocenters. The molecule has 1 heterocycles. The highest BCUT2D eigenvalue weighted by Gasteiger charge is 2.07. The Balaban J connectivity index is 2.25. The molecule has 0 aliphatic rings. The highest BCUT2D eigenvalue weighted by molar-refractivity contribution is 5.96. The van der Waals surface area contributed by atoms with Gasteiger partial charge in [-0.25, -0.2) is 0 Å². The van der Waals surface area contributed by atoms with Gasteiger partial charge < -0.3 is 5.73 Å². The number of aromatic nitrogens is 1. The fourth-order valence-electron chi connectivity index (χ4n) is 1.66. The second-order valence-electron chi connectivity index (χ2n) is 3.94. The molecular weight excluding hydrogens is 224 g/mol. The molecule has 2 aromatic rings. The first-order valence-electron chi connectivity index (χ1n) is 5.71. The van der Waals surface area contributed by atoms with E-state index in [-0.39, 0.29) is 0 Å². The van der Waals surface area contributed by atoms with E-state index in [0.717, 1.165) is 11.3 Å². The number of rotatable bonds is 4. The second-order valence-corrected chi connectivity index (χ2v) is 3.94. The van der Waals surface area contributed by atoms with Crippen LogP contribution in [0.2, 0.25) is 0 Å². The zero-order chi connectivity index (χ0) is 12.8. The zero-order valence-electron chi connectivity index (χ0n) is 9.91. The summed E-state index contributed by atoms with van der Waals surface area (Å²) < 4.78 is 0. The lowest BCUT2D eigenvalue weighted by Gasteiger charge is -2.03. The van der Waals surface area contributed by atoms with Crippen molar-refractivity contribution in [3.05, 3.63) is 71.6 Å². The van der Waals surface area contributed by atoms with E-state index < -0.39 is 5.91 Å². The average molecular weight is 238 g/mol. The summed E-state index contributed by atoms with van der Waals surface area (Å²) in [7, 11) is 0. The van der Waals surface area contributed by atoms with Gasteiger partial charge in [0, 0.05) is 23.9 Å². The Bertz CT molecular complexity index is 547. The van der Waals surface area contributed by atoms with E-state index in [0.29, 0.717) is 12.0 Å². The fourth-order valence-corrected chi connectivity index (χ4v) is 1.66. The maximum absolute atomic E-state index is 11.4. The van der Waals surface area contributed by atoms with Crippen molar-refractivity contribution < 1.29 is 4.79 Å². The lowest BCUT2D eigenvalue weighted by Crippen LogP contribution is -2.16. The summed E-state index contributed by atoms with van der Waals surface area (Å²) in [6, 6.07) is 15.2. The minimum atomic E-state index is -0.412. The Morgan fingerprint density at radius 2 is 1.83 bits per heavy atom. The average Bonchev–Trinajstić information content (AvgIpc) is 2.40. The Labute approximate surface area is 106 Å². The van der Waals surface area contributed by atoms with Gasteiger partial charge in [-0.05, 0) is 23.8 Å². The van der Waals surface area contributed by atoms with Crippen LogP contribution in [0.1, 0.15) is 11.3 Å². The summed E-state index contributed by atoms with van der Waals surface area (Å²) in [6.45, 7) is 0. The third kappa shape index (κ3) is 3.28. The molecule has 0 spiro atoms. The van der Waals surface area contributed by atoms with Gasteiger partial charge in [0.1, 0.15) is 0 Å². The molecule has 2 rings (SSSR count). The van der Waals surface area contributed by atoms with Crippen molar-refractivity contribution in [2.45, 2.75) is 6.42 Å². The minimum absolute atomic E-state index is 0.412. The van der Waals surface area contributed by atoms with E-state index >= 15 is 0 Å². The molecule has 0 aliphatic heterocycles. The topological polar surface area (TPSA) is 56.0 Å². The molecule has 0 radical (unpaired) electrons. The first kappa shape index (κ1) is 12.0. The molecule has 3 heteroatoms. The van der Waals surface area contributed by atoms with Gasteiger partial charge in [0.25, 0.3) is 0 Å². The number of benzene rings is 1. The van der Waals surface area contributed by atoms with E-state index in [1.165, 1.54) is 0 Å². The van der Waals surface area contributed by atoms with Crippen LogP contribution in [0.15, 0.2) is 60.3 Å². The predicted molar refractivity (Wildman–Crippen MR) is 71.6 cm³/mol. The molecule has 0 saturated heterocycles. The molecule has 18 heavy (non-hydrogen) atoms. The quantitative estimate of drug-likeness (QED) is 0.830.